The van der Waals surface area contributed by atoms with Gasteiger partial charge in [-0.25, -0.2) is 15.0 Å². The number of aliphatic hydroxyl groups excluding tert-OH is 1. The number of fused-ring (bicyclic) bond motifs is 2. The molecule has 2 aromatic heterocycles. The van der Waals surface area contributed by atoms with Crippen molar-refractivity contribution in [2.45, 2.75) is 30.6 Å². The highest BCUT2D eigenvalue weighted by Gasteiger charge is 2.46. The van der Waals surface area contributed by atoms with E-state index in [2.05, 4.69) is 15.0 Å². The quantitative estimate of drug-likeness (QED) is 0.682. The van der Waals surface area contributed by atoms with Crippen molar-refractivity contribution in [1.82, 2.24) is 19.5 Å². The van der Waals surface area contributed by atoms with Crippen LogP contribution in [0.2, 0.25) is 0 Å². The molecule has 5 atom stereocenters. The highest BCUT2D eigenvalue weighted by atomic mass is 16.7. The van der Waals surface area contributed by atoms with Gasteiger partial charge in [0.1, 0.15) is 30.2 Å². The van der Waals surface area contributed by atoms with E-state index >= 15 is 0 Å². The van der Waals surface area contributed by atoms with Gasteiger partial charge in [0, 0.05) is 5.56 Å². The van der Waals surface area contributed by atoms with Gasteiger partial charge in [-0.05, 0) is 0 Å². The first-order valence-corrected chi connectivity index (χ1v) is 8.77. The predicted octanol–water partition coefficient (Wildman–Crippen LogP) is 0.823. The monoisotopic (exact) mass is 369 g/mol. The number of nitrogen functional groups attached to an aromatic ring is 1. The molecule has 1 aromatic carbocycles. The molecule has 5 rings (SSSR count). The fourth-order valence-corrected chi connectivity index (χ4v) is 3.67. The molecule has 2 aliphatic heterocycles. The van der Waals surface area contributed by atoms with Crippen LogP contribution in [-0.4, -0.2) is 56.2 Å². The van der Waals surface area contributed by atoms with E-state index in [0.29, 0.717) is 30.2 Å². The smallest absolute Gasteiger partial charge is 0.184 e. The predicted molar refractivity (Wildman–Crippen MR) is 94.5 cm³/mol. The van der Waals surface area contributed by atoms with Crippen molar-refractivity contribution in [3.8, 4) is 0 Å². The van der Waals surface area contributed by atoms with Crippen molar-refractivity contribution in [2.75, 3.05) is 18.9 Å². The van der Waals surface area contributed by atoms with Gasteiger partial charge >= 0.3 is 0 Å². The zero-order valence-electron chi connectivity index (χ0n) is 14.4. The van der Waals surface area contributed by atoms with Crippen molar-refractivity contribution < 1.29 is 19.3 Å². The third-order valence-electron chi connectivity index (χ3n) is 5.09. The maximum absolute atomic E-state index is 11.0. The first-order valence-electron chi connectivity index (χ1n) is 8.77. The molecule has 2 fully saturated rings. The number of ether oxygens (including phenoxy) is 3. The highest BCUT2D eigenvalue weighted by Crippen LogP contribution is 2.36. The Morgan fingerprint density at radius 2 is 1.93 bits per heavy atom. The van der Waals surface area contributed by atoms with Gasteiger partial charge in [0.25, 0.3) is 0 Å². The maximum atomic E-state index is 11.0. The van der Waals surface area contributed by atoms with Crippen molar-refractivity contribution in [2.24, 2.45) is 0 Å². The maximum Gasteiger partial charge on any atom is 0.184 e. The number of imidazole rings is 1. The number of hydrogen-bond acceptors (Lipinski definition) is 8. The zero-order valence-corrected chi connectivity index (χ0v) is 14.4. The molecule has 0 saturated carbocycles. The van der Waals surface area contributed by atoms with Crippen molar-refractivity contribution in [1.29, 1.82) is 0 Å². The lowest BCUT2D eigenvalue weighted by Crippen LogP contribution is -2.56. The Hall–Kier alpha value is -2.59. The van der Waals surface area contributed by atoms with Crippen LogP contribution in [0.5, 0.6) is 0 Å². The van der Waals surface area contributed by atoms with Crippen LogP contribution >= 0.6 is 0 Å². The van der Waals surface area contributed by atoms with E-state index in [0.717, 1.165) is 5.56 Å². The van der Waals surface area contributed by atoms with Crippen LogP contribution in [0.25, 0.3) is 11.2 Å². The molecule has 0 bridgehead atoms. The lowest BCUT2D eigenvalue weighted by molar-refractivity contribution is -0.306. The van der Waals surface area contributed by atoms with Gasteiger partial charge in [0.05, 0.1) is 25.6 Å². The summed E-state index contributed by atoms with van der Waals surface area (Å²) in [6.07, 6.45) is 0.770. The fourth-order valence-electron chi connectivity index (χ4n) is 3.67. The Labute approximate surface area is 154 Å². The lowest BCUT2D eigenvalue weighted by atomic mass is 9.97. The first-order chi connectivity index (χ1) is 13.2. The summed E-state index contributed by atoms with van der Waals surface area (Å²) < 4.78 is 19.5. The van der Waals surface area contributed by atoms with E-state index in [1.165, 1.54) is 6.33 Å². The average molecular weight is 369 g/mol. The minimum atomic E-state index is -0.813. The van der Waals surface area contributed by atoms with E-state index in [-0.39, 0.29) is 6.10 Å². The van der Waals surface area contributed by atoms with Crippen molar-refractivity contribution in [3.05, 3.63) is 48.5 Å². The van der Waals surface area contributed by atoms with Gasteiger partial charge < -0.3 is 29.6 Å². The molecule has 0 amide bonds. The zero-order chi connectivity index (χ0) is 18.4. The molecule has 9 heteroatoms. The number of rotatable bonds is 2. The van der Waals surface area contributed by atoms with Crippen LogP contribution < -0.4 is 5.73 Å². The summed E-state index contributed by atoms with van der Waals surface area (Å²) in [5.41, 5.74) is 7.82. The second-order valence-corrected chi connectivity index (χ2v) is 6.69. The molecule has 4 heterocycles. The third kappa shape index (κ3) is 2.76. The summed E-state index contributed by atoms with van der Waals surface area (Å²) in [6.45, 7) is 0.647. The summed E-state index contributed by atoms with van der Waals surface area (Å²) in [5.74, 6) is 0.300. The van der Waals surface area contributed by atoms with Gasteiger partial charge in [-0.1, -0.05) is 30.3 Å². The molecule has 27 heavy (non-hydrogen) atoms. The van der Waals surface area contributed by atoms with Crippen LogP contribution in [0.3, 0.4) is 0 Å². The second-order valence-electron chi connectivity index (χ2n) is 6.69. The summed E-state index contributed by atoms with van der Waals surface area (Å²) in [5, 5.41) is 11.0. The molecule has 3 N–H and O–H groups in total. The van der Waals surface area contributed by atoms with Crippen LogP contribution in [-0.2, 0) is 14.2 Å². The summed E-state index contributed by atoms with van der Waals surface area (Å²) in [7, 11) is 0. The minimum absolute atomic E-state index is 0.292. The Morgan fingerprint density at radius 3 is 2.78 bits per heavy atom. The molecule has 5 unspecified atom stereocenters. The van der Waals surface area contributed by atoms with Crippen molar-refractivity contribution in [3.63, 3.8) is 0 Å². The molecule has 0 spiro atoms. The number of aliphatic hydroxyl groups is 1. The molecule has 2 aliphatic rings. The SMILES string of the molecule is Nc1ncnc2c1ncn2C1COC2COC(c3ccccc3)OC2C1O. The van der Waals surface area contributed by atoms with Gasteiger partial charge in [0.2, 0.25) is 0 Å². The summed E-state index contributed by atoms with van der Waals surface area (Å²) >= 11 is 0. The number of hydrogen-bond donors (Lipinski definition) is 2. The largest absolute Gasteiger partial charge is 0.388 e. The number of benzene rings is 1. The van der Waals surface area contributed by atoms with E-state index in [9.17, 15) is 5.11 Å². The number of nitrogens with two attached hydrogens (primary N) is 1. The average Bonchev–Trinajstić information content (AvgIpc) is 3.14. The van der Waals surface area contributed by atoms with Gasteiger partial charge in [0.15, 0.2) is 17.8 Å². The fraction of sp³-hybridized carbons (Fsp3) is 0.389. The molecule has 140 valence electrons. The topological polar surface area (TPSA) is 118 Å². The molecule has 3 aromatic rings. The Balaban J connectivity index is 1.43. The minimum Gasteiger partial charge on any atom is -0.388 e. The number of nitrogens with zero attached hydrogens (tertiary/aromatic N) is 4. The molecule has 9 nitrogen and oxygen atoms in total. The molecular formula is C18H19N5O4. The van der Waals surface area contributed by atoms with E-state index < -0.39 is 24.5 Å². The highest BCUT2D eigenvalue weighted by molar-refractivity contribution is 5.81. The van der Waals surface area contributed by atoms with Gasteiger partial charge in [-0.3, -0.25) is 0 Å². The number of aromatic nitrogens is 4. The first kappa shape index (κ1) is 16.6. The van der Waals surface area contributed by atoms with Gasteiger partial charge in [-0.2, -0.15) is 0 Å². The van der Waals surface area contributed by atoms with E-state index in [1.54, 1.807) is 10.9 Å². The molecule has 0 radical (unpaired) electrons. The third-order valence-corrected chi connectivity index (χ3v) is 5.09. The molecule has 2 saturated heterocycles. The van der Waals surface area contributed by atoms with Crippen LogP contribution in [0.4, 0.5) is 5.82 Å². The van der Waals surface area contributed by atoms with Gasteiger partial charge in [-0.15, -0.1) is 0 Å². The van der Waals surface area contributed by atoms with Crippen LogP contribution in [0.15, 0.2) is 43.0 Å². The van der Waals surface area contributed by atoms with Crippen molar-refractivity contribution >= 4 is 17.0 Å². The number of anilines is 1. The summed E-state index contributed by atoms with van der Waals surface area (Å²) in [4.78, 5) is 12.5. The van der Waals surface area contributed by atoms with E-state index in [1.807, 2.05) is 30.3 Å². The van der Waals surface area contributed by atoms with E-state index in [4.69, 9.17) is 19.9 Å². The Kier molecular flexibility index (Phi) is 4.01. The Morgan fingerprint density at radius 1 is 1.07 bits per heavy atom. The summed E-state index contributed by atoms with van der Waals surface area (Å²) in [6, 6.07) is 9.24. The normalized spacial score (nSPS) is 30.9. The van der Waals surface area contributed by atoms with Crippen LogP contribution in [0.1, 0.15) is 17.9 Å². The lowest BCUT2D eigenvalue weighted by Gasteiger charge is -2.45. The second kappa shape index (κ2) is 6.54. The molecular weight excluding hydrogens is 350 g/mol. The Bertz CT molecular complexity index is 949. The standard InChI is InChI=1S/C18H19N5O4/c19-16-13-17(21-8-20-16)23(9-22-13)11-6-25-12-7-26-18(27-15(12)14(11)24)10-4-2-1-3-5-10/h1-5,8-9,11-12,14-15,18,24H,6-7H2,(H2,19,20,21). The van der Waals surface area contributed by atoms with Crippen LogP contribution in [0, 0.1) is 0 Å². The molecule has 0 aliphatic carbocycles.